The van der Waals surface area contributed by atoms with Gasteiger partial charge in [0.2, 0.25) is 0 Å². The Morgan fingerprint density at radius 2 is 1.83 bits per heavy atom. The number of hydrogen-bond acceptors (Lipinski definition) is 1. The molecule has 0 aromatic rings. The van der Waals surface area contributed by atoms with Crippen LogP contribution in [0.1, 0.15) is 98.3 Å². The zero-order valence-corrected chi connectivity index (χ0v) is 20.2. The van der Waals surface area contributed by atoms with Gasteiger partial charge in [0.05, 0.1) is 6.10 Å². The van der Waals surface area contributed by atoms with Gasteiger partial charge in [-0.25, -0.2) is 0 Å². The molecule has 3 heteroatoms. The summed E-state index contributed by atoms with van der Waals surface area (Å²) in [5.41, 5.74) is 4.72. The van der Waals surface area contributed by atoms with Crippen molar-refractivity contribution in [1.29, 1.82) is 0 Å². The molecule has 1 N–H and O–H groups in total. The summed E-state index contributed by atoms with van der Waals surface area (Å²) < 4.78 is 0. The normalized spacial score (nSPS) is 35.1. The first-order valence-electron chi connectivity index (χ1n) is 12.1. The van der Waals surface area contributed by atoms with Gasteiger partial charge in [-0.05, 0) is 86.0 Å². The van der Waals surface area contributed by atoms with Crippen LogP contribution in [0.4, 0.5) is 0 Å². The van der Waals surface area contributed by atoms with Crippen LogP contribution in [0, 0.1) is 29.1 Å². The molecule has 3 aliphatic rings. The molecule has 3 fully saturated rings. The monoisotopic (exact) mass is 489 g/mol. The van der Waals surface area contributed by atoms with Crippen LogP contribution in [-0.2, 0) is 17.1 Å². The van der Waals surface area contributed by atoms with Crippen LogP contribution < -0.4 is 0 Å². The van der Waals surface area contributed by atoms with Gasteiger partial charge >= 0.3 is 37.7 Å². The van der Waals surface area contributed by atoms with Crippen LogP contribution in [0.5, 0.6) is 0 Å². The molecule has 0 bridgehead atoms. The quantitative estimate of drug-likeness (QED) is 0.411. The second-order valence-electron chi connectivity index (χ2n) is 10.8. The van der Waals surface area contributed by atoms with E-state index in [1.54, 1.807) is 5.57 Å². The summed E-state index contributed by atoms with van der Waals surface area (Å²) in [6.45, 7) is 14.1. The van der Waals surface area contributed by atoms with Gasteiger partial charge in [-0.2, -0.15) is 0 Å². The number of rotatable bonds is 6. The van der Waals surface area contributed by atoms with Crippen molar-refractivity contribution in [2.45, 2.75) is 104 Å². The van der Waals surface area contributed by atoms with E-state index >= 15 is 0 Å². The standard InChI is InChI=1S/C27H44O.Ca.Cu.2H/c1-19(2)8-6-9-21(4)25-15-16-26-22(10-7-17-27(25,26)5)12-13-23-18-24(28)14-11-20(23)3;;;;/h12-13,19,21,24-26,28H,3,6-11,14-18H2,1-2,4-5H3;;;;/b22-12+,23-13-;;;;/t21-,24+,25-,26?,27-;;;;/m1..../s1. The smallest absolute Gasteiger partial charge is 0 e. The van der Waals surface area contributed by atoms with Crippen LogP contribution in [0.3, 0.4) is 0 Å². The molecule has 173 valence electrons. The van der Waals surface area contributed by atoms with E-state index in [0.29, 0.717) is 5.41 Å². The molecule has 0 amide bonds. The summed E-state index contributed by atoms with van der Waals surface area (Å²) in [5.74, 6) is 3.37. The second-order valence-corrected chi connectivity index (χ2v) is 10.8. The van der Waals surface area contributed by atoms with Crippen LogP contribution >= 0.6 is 0 Å². The molecule has 1 unspecified atom stereocenters. The number of aliphatic hydroxyl groups is 1. The van der Waals surface area contributed by atoms with Crippen molar-refractivity contribution in [3.63, 3.8) is 0 Å². The maximum Gasteiger partial charge on any atom is 0 e. The summed E-state index contributed by atoms with van der Waals surface area (Å²) in [7, 11) is 0. The Labute approximate surface area is 227 Å². The summed E-state index contributed by atoms with van der Waals surface area (Å²) in [6.07, 6.45) is 18.2. The molecular weight excluding hydrogens is 444 g/mol. The largest absolute Gasteiger partial charge is 0 e. The van der Waals surface area contributed by atoms with E-state index in [0.717, 1.165) is 42.9 Å². The molecule has 0 saturated heterocycles. The fourth-order valence-corrected chi connectivity index (χ4v) is 6.66. The van der Waals surface area contributed by atoms with Gasteiger partial charge in [-0.1, -0.05) is 76.8 Å². The van der Waals surface area contributed by atoms with Gasteiger partial charge in [0.1, 0.15) is 0 Å². The first-order chi connectivity index (χ1) is 13.3. The minimum Gasteiger partial charge on any atom is 0 e. The van der Waals surface area contributed by atoms with E-state index < -0.39 is 0 Å². The summed E-state index contributed by atoms with van der Waals surface area (Å²) in [6, 6.07) is 0. The van der Waals surface area contributed by atoms with E-state index in [1.165, 1.54) is 62.5 Å². The van der Waals surface area contributed by atoms with Crippen molar-refractivity contribution in [2.75, 3.05) is 0 Å². The fraction of sp³-hybridized carbons (Fsp3) is 0.778. The molecule has 30 heavy (non-hydrogen) atoms. The van der Waals surface area contributed by atoms with Gasteiger partial charge in [-0.3, -0.25) is 0 Å². The SMILES string of the molecule is C=C1CC[C@H](O)C/C1=C/C=C1\CCC[C@@]2(C)C1CC[C@@H]2[C@H](C)CCCC(C)C.[CaH2].[Cu]. The van der Waals surface area contributed by atoms with Gasteiger partial charge < -0.3 is 5.11 Å². The third-order valence-electron chi connectivity index (χ3n) is 8.35. The molecule has 3 aliphatic carbocycles. The van der Waals surface area contributed by atoms with Crippen molar-refractivity contribution < 1.29 is 22.2 Å². The molecule has 0 aliphatic heterocycles. The predicted molar refractivity (Wildman–Crippen MR) is 130 cm³/mol. The van der Waals surface area contributed by atoms with Crippen molar-refractivity contribution in [1.82, 2.24) is 0 Å². The molecule has 1 radical (unpaired) electrons. The molecule has 3 saturated carbocycles. The second kappa shape index (κ2) is 13.0. The first-order valence-corrected chi connectivity index (χ1v) is 12.1. The topological polar surface area (TPSA) is 20.2 Å². The average molecular weight is 490 g/mol. The van der Waals surface area contributed by atoms with Gasteiger partial charge in [0, 0.05) is 17.1 Å². The third-order valence-corrected chi connectivity index (χ3v) is 8.35. The minimum atomic E-state index is -0.172. The third kappa shape index (κ3) is 6.98. The fourth-order valence-electron chi connectivity index (χ4n) is 6.66. The van der Waals surface area contributed by atoms with Crippen molar-refractivity contribution in [3.05, 3.63) is 35.5 Å². The van der Waals surface area contributed by atoms with Gasteiger partial charge in [0.25, 0.3) is 0 Å². The Morgan fingerprint density at radius 1 is 1.10 bits per heavy atom. The Balaban J connectivity index is 0.00000225. The van der Waals surface area contributed by atoms with Crippen LogP contribution in [0.15, 0.2) is 35.5 Å². The number of fused-ring (bicyclic) bond motifs is 1. The number of aliphatic hydroxyl groups excluding tert-OH is 1. The summed E-state index contributed by atoms with van der Waals surface area (Å²) in [5, 5.41) is 10.0. The zero-order chi connectivity index (χ0) is 20.3. The maximum atomic E-state index is 10.0. The average Bonchev–Trinajstić information content (AvgIpc) is 2.99. The number of allylic oxidation sites excluding steroid dienone is 4. The first kappa shape index (κ1) is 29.0. The molecular formula is C27H46CaCuO. The Morgan fingerprint density at radius 3 is 2.53 bits per heavy atom. The maximum absolute atomic E-state index is 10.0. The molecule has 0 aromatic carbocycles. The van der Waals surface area contributed by atoms with E-state index in [4.69, 9.17) is 0 Å². The molecule has 0 aromatic heterocycles. The molecule has 0 spiro atoms. The molecule has 3 rings (SSSR count). The Bertz CT molecular complexity index is 622. The Hall–Kier alpha value is 0.959. The van der Waals surface area contributed by atoms with Gasteiger partial charge in [-0.15, -0.1) is 0 Å². The van der Waals surface area contributed by atoms with Crippen molar-refractivity contribution >= 4 is 37.7 Å². The molecule has 5 atom stereocenters. The van der Waals surface area contributed by atoms with E-state index in [2.05, 4.69) is 46.4 Å². The van der Waals surface area contributed by atoms with Gasteiger partial charge in [0.15, 0.2) is 0 Å². The van der Waals surface area contributed by atoms with Crippen LogP contribution in [-0.4, -0.2) is 48.9 Å². The molecule has 1 nitrogen and oxygen atoms in total. The van der Waals surface area contributed by atoms with Crippen LogP contribution in [0.2, 0.25) is 0 Å². The Kier molecular flexibility index (Phi) is 12.6. The van der Waals surface area contributed by atoms with Crippen molar-refractivity contribution in [3.8, 4) is 0 Å². The summed E-state index contributed by atoms with van der Waals surface area (Å²) in [4.78, 5) is 0. The number of hydrogen-bond donors (Lipinski definition) is 1. The van der Waals surface area contributed by atoms with E-state index in [-0.39, 0.29) is 60.9 Å². The zero-order valence-electron chi connectivity index (χ0n) is 19.3. The van der Waals surface area contributed by atoms with E-state index in [9.17, 15) is 5.11 Å². The van der Waals surface area contributed by atoms with Crippen LogP contribution in [0.25, 0.3) is 0 Å². The summed E-state index contributed by atoms with van der Waals surface area (Å²) >= 11 is 0. The predicted octanol–water partition coefficient (Wildman–Crippen LogP) is 6.70. The molecule has 0 heterocycles. The van der Waals surface area contributed by atoms with E-state index in [1.807, 2.05) is 0 Å². The minimum absolute atomic E-state index is 0. The van der Waals surface area contributed by atoms with Crippen molar-refractivity contribution in [2.24, 2.45) is 29.1 Å².